The minimum Gasteiger partial charge on any atom is -0.496 e. The first-order valence-corrected chi connectivity index (χ1v) is 8.48. The van der Waals surface area contributed by atoms with Crippen molar-refractivity contribution in [2.24, 2.45) is 0 Å². The summed E-state index contributed by atoms with van der Waals surface area (Å²) in [6.45, 7) is 2.01. The average molecular weight is 351 g/mol. The molecule has 1 aromatic heterocycles. The number of para-hydroxylation sites is 1. The quantitative estimate of drug-likeness (QED) is 0.696. The Morgan fingerprint density at radius 1 is 1.15 bits per heavy atom. The van der Waals surface area contributed by atoms with Gasteiger partial charge in [0.1, 0.15) is 5.75 Å². The van der Waals surface area contributed by atoms with Gasteiger partial charge in [-0.25, -0.2) is 0 Å². The molecule has 0 atom stereocenters. The van der Waals surface area contributed by atoms with E-state index in [1.807, 2.05) is 55.5 Å². The molecule has 0 aliphatic heterocycles. The van der Waals surface area contributed by atoms with Crippen LogP contribution < -0.4 is 10.1 Å². The molecular weight excluding hydrogens is 330 g/mol. The lowest BCUT2D eigenvalue weighted by molar-refractivity contribution is -0.116. The Morgan fingerprint density at radius 2 is 1.92 bits per heavy atom. The van der Waals surface area contributed by atoms with Gasteiger partial charge in [0, 0.05) is 18.5 Å². The van der Waals surface area contributed by atoms with Crippen LogP contribution >= 0.6 is 0 Å². The molecule has 6 nitrogen and oxygen atoms in total. The van der Waals surface area contributed by atoms with E-state index in [0.29, 0.717) is 36.7 Å². The van der Waals surface area contributed by atoms with Crippen LogP contribution in [0.2, 0.25) is 0 Å². The van der Waals surface area contributed by atoms with Gasteiger partial charge in [-0.3, -0.25) is 4.79 Å². The number of rotatable bonds is 7. The van der Waals surface area contributed by atoms with Crippen molar-refractivity contribution in [3.05, 3.63) is 60.0 Å². The van der Waals surface area contributed by atoms with Gasteiger partial charge >= 0.3 is 0 Å². The predicted octanol–water partition coefficient (Wildman–Crippen LogP) is 4.02. The third-order valence-electron chi connectivity index (χ3n) is 3.95. The molecule has 3 aromatic rings. The topological polar surface area (TPSA) is 77.2 Å². The number of hydrogen-bond donors (Lipinski definition) is 1. The van der Waals surface area contributed by atoms with E-state index in [-0.39, 0.29) is 5.91 Å². The second-order valence-corrected chi connectivity index (χ2v) is 5.98. The van der Waals surface area contributed by atoms with E-state index in [9.17, 15) is 4.79 Å². The van der Waals surface area contributed by atoms with Crippen molar-refractivity contribution >= 4 is 11.6 Å². The summed E-state index contributed by atoms with van der Waals surface area (Å²) in [4.78, 5) is 16.4. The predicted molar refractivity (Wildman–Crippen MR) is 99.0 cm³/mol. The molecule has 0 aliphatic rings. The normalized spacial score (nSPS) is 10.5. The molecule has 0 bridgehead atoms. The summed E-state index contributed by atoms with van der Waals surface area (Å²) in [5.74, 6) is 1.66. The van der Waals surface area contributed by atoms with Gasteiger partial charge in [-0.1, -0.05) is 35.0 Å². The highest BCUT2D eigenvalue weighted by atomic mass is 16.5. The number of carbonyl (C=O) groups is 1. The molecule has 0 spiro atoms. The standard InChI is InChI=1S/C20H21N3O3/c1-14-10-12-15(13-11-14)21-18(24)8-5-9-19-22-20(23-26-19)16-6-3-4-7-17(16)25-2/h3-4,6-7,10-13H,5,8-9H2,1-2H3,(H,21,24). The second-order valence-electron chi connectivity index (χ2n) is 5.98. The van der Waals surface area contributed by atoms with Crippen molar-refractivity contribution in [1.82, 2.24) is 10.1 Å². The van der Waals surface area contributed by atoms with Crippen LogP contribution in [0.25, 0.3) is 11.4 Å². The SMILES string of the molecule is COc1ccccc1-c1noc(CCCC(=O)Nc2ccc(C)cc2)n1. The summed E-state index contributed by atoms with van der Waals surface area (Å²) >= 11 is 0. The Hall–Kier alpha value is -3.15. The van der Waals surface area contributed by atoms with E-state index in [2.05, 4.69) is 15.5 Å². The summed E-state index contributed by atoms with van der Waals surface area (Å²) in [7, 11) is 1.60. The zero-order valence-corrected chi connectivity index (χ0v) is 14.9. The molecule has 2 aromatic carbocycles. The highest BCUT2D eigenvalue weighted by molar-refractivity contribution is 5.90. The molecule has 0 saturated heterocycles. The third-order valence-corrected chi connectivity index (χ3v) is 3.95. The molecule has 0 aliphatic carbocycles. The fourth-order valence-electron chi connectivity index (χ4n) is 2.56. The van der Waals surface area contributed by atoms with Crippen molar-refractivity contribution in [3.63, 3.8) is 0 Å². The maximum atomic E-state index is 12.0. The van der Waals surface area contributed by atoms with Gasteiger partial charge in [0.15, 0.2) is 0 Å². The van der Waals surface area contributed by atoms with Crippen LogP contribution in [-0.2, 0) is 11.2 Å². The summed E-state index contributed by atoms with van der Waals surface area (Å²) in [5.41, 5.74) is 2.74. The average Bonchev–Trinajstić information content (AvgIpc) is 3.12. The molecule has 0 saturated carbocycles. The maximum Gasteiger partial charge on any atom is 0.226 e. The summed E-state index contributed by atoms with van der Waals surface area (Å²) in [6.07, 6.45) is 1.56. The fourth-order valence-corrected chi connectivity index (χ4v) is 2.56. The van der Waals surface area contributed by atoms with Gasteiger partial charge in [-0.15, -0.1) is 0 Å². The summed E-state index contributed by atoms with van der Waals surface area (Å²) < 4.78 is 10.6. The van der Waals surface area contributed by atoms with E-state index in [1.54, 1.807) is 7.11 Å². The van der Waals surface area contributed by atoms with E-state index < -0.39 is 0 Å². The van der Waals surface area contributed by atoms with Crippen LogP contribution in [0.1, 0.15) is 24.3 Å². The Kier molecular flexibility index (Phi) is 5.63. The number of nitrogens with zero attached hydrogens (tertiary/aromatic N) is 2. The maximum absolute atomic E-state index is 12.0. The van der Waals surface area contributed by atoms with Crippen LogP contribution in [0, 0.1) is 6.92 Å². The monoisotopic (exact) mass is 351 g/mol. The number of benzene rings is 2. The van der Waals surface area contributed by atoms with Crippen molar-refractivity contribution in [2.75, 3.05) is 12.4 Å². The van der Waals surface area contributed by atoms with E-state index in [4.69, 9.17) is 9.26 Å². The molecule has 1 heterocycles. The largest absolute Gasteiger partial charge is 0.496 e. The second kappa shape index (κ2) is 8.29. The summed E-state index contributed by atoms with van der Waals surface area (Å²) in [6, 6.07) is 15.2. The molecule has 3 rings (SSSR count). The van der Waals surface area contributed by atoms with E-state index >= 15 is 0 Å². The molecule has 134 valence electrons. The van der Waals surface area contributed by atoms with Crippen LogP contribution in [0.3, 0.4) is 0 Å². The first-order chi connectivity index (χ1) is 12.7. The smallest absolute Gasteiger partial charge is 0.226 e. The molecule has 0 radical (unpaired) electrons. The minimum atomic E-state index is -0.0293. The van der Waals surface area contributed by atoms with Crippen molar-refractivity contribution < 1.29 is 14.1 Å². The number of methoxy groups -OCH3 is 1. The number of carbonyl (C=O) groups excluding carboxylic acids is 1. The van der Waals surface area contributed by atoms with Crippen molar-refractivity contribution in [2.45, 2.75) is 26.2 Å². The molecular formula is C20H21N3O3. The highest BCUT2D eigenvalue weighted by Crippen LogP contribution is 2.27. The Morgan fingerprint density at radius 3 is 2.69 bits per heavy atom. The number of amides is 1. The van der Waals surface area contributed by atoms with Crippen LogP contribution in [0.5, 0.6) is 5.75 Å². The van der Waals surface area contributed by atoms with Crippen molar-refractivity contribution in [3.8, 4) is 17.1 Å². The first kappa shape index (κ1) is 17.7. The zero-order chi connectivity index (χ0) is 18.4. The minimum absolute atomic E-state index is 0.0293. The number of ether oxygens (including phenoxy) is 1. The molecule has 0 fully saturated rings. The third kappa shape index (κ3) is 4.47. The first-order valence-electron chi connectivity index (χ1n) is 8.48. The fraction of sp³-hybridized carbons (Fsp3) is 0.250. The van der Waals surface area contributed by atoms with Crippen molar-refractivity contribution in [1.29, 1.82) is 0 Å². The highest BCUT2D eigenvalue weighted by Gasteiger charge is 2.13. The Bertz CT molecular complexity index is 872. The molecule has 1 N–H and O–H groups in total. The van der Waals surface area contributed by atoms with Gasteiger partial charge in [0.2, 0.25) is 17.6 Å². The lowest BCUT2D eigenvalue weighted by Crippen LogP contribution is -2.11. The number of nitrogens with one attached hydrogen (secondary N) is 1. The number of aryl methyl sites for hydroxylation is 2. The Balaban J connectivity index is 1.52. The van der Waals surface area contributed by atoms with E-state index in [1.165, 1.54) is 0 Å². The number of aromatic nitrogens is 2. The van der Waals surface area contributed by atoms with Gasteiger partial charge in [-0.2, -0.15) is 4.98 Å². The van der Waals surface area contributed by atoms with Crippen LogP contribution in [0.4, 0.5) is 5.69 Å². The van der Waals surface area contributed by atoms with Gasteiger partial charge < -0.3 is 14.6 Å². The lowest BCUT2D eigenvalue weighted by atomic mass is 10.2. The Labute approximate surface area is 152 Å². The number of anilines is 1. The zero-order valence-electron chi connectivity index (χ0n) is 14.9. The van der Waals surface area contributed by atoms with Gasteiger partial charge in [0.25, 0.3) is 0 Å². The number of hydrogen-bond acceptors (Lipinski definition) is 5. The molecule has 0 unspecified atom stereocenters. The van der Waals surface area contributed by atoms with Gasteiger partial charge in [-0.05, 0) is 37.6 Å². The summed E-state index contributed by atoms with van der Waals surface area (Å²) in [5, 5.41) is 6.88. The van der Waals surface area contributed by atoms with Crippen LogP contribution in [0.15, 0.2) is 53.1 Å². The van der Waals surface area contributed by atoms with Gasteiger partial charge in [0.05, 0.1) is 12.7 Å². The van der Waals surface area contributed by atoms with E-state index in [0.717, 1.165) is 16.8 Å². The van der Waals surface area contributed by atoms with Crippen LogP contribution in [-0.4, -0.2) is 23.2 Å². The molecule has 26 heavy (non-hydrogen) atoms. The molecule has 1 amide bonds. The lowest BCUT2D eigenvalue weighted by Gasteiger charge is -2.04. The molecule has 6 heteroatoms.